The lowest BCUT2D eigenvalue weighted by molar-refractivity contribution is -0.127. The predicted molar refractivity (Wildman–Crippen MR) is 78.8 cm³/mol. The van der Waals surface area contributed by atoms with Crippen LogP contribution in [0.3, 0.4) is 0 Å². The highest BCUT2D eigenvalue weighted by Gasteiger charge is 2.12. The van der Waals surface area contributed by atoms with Crippen molar-refractivity contribution in [2.45, 2.75) is 13.0 Å². The Balaban J connectivity index is 2.54. The summed E-state index contributed by atoms with van der Waals surface area (Å²) in [6.45, 7) is 2.74. The van der Waals surface area contributed by atoms with Crippen LogP contribution < -0.4 is 0 Å². The maximum atomic E-state index is 11.6. The second kappa shape index (κ2) is 9.02. The minimum atomic E-state index is 0.0532. The Morgan fingerprint density at radius 2 is 2.20 bits per heavy atom. The molecule has 0 aliphatic rings. The molecule has 1 aromatic rings. The molecule has 0 aromatic carbocycles. The van der Waals surface area contributed by atoms with Crippen LogP contribution in [0.15, 0.2) is 5.38 Å². The van der Waals surface area contributed by atoms with E-state index in [4.69, 9.17) is 9.84 Å². The Kier molecular flexibility index (Phi) is 7.68. The number of hydrogen-bond donors (Lipinski definition) is 1. The lowest BCUT2D eigenvalue weighted by Gasteiger charge is -2.19. The molecule has 0 aliphatic carbocycles. The van der Waals surface area contributed by atoms with Crippen LogP contribution in [0, 0.1) is 0 Å². The summed E-state index contributed by atoms with van der Waals surface area (Å²) in [6.07, 6.45) is 0.343. The Morgan fingerprint density at radius 1 is 1.45 bits per heavy atom. The molecular formula is C13H23N3O3S. The fourth-order valence-electron chi connectivity index (χ4n) is 1.65. The number of thiazole rings is 1. The van der Waals surface area contributed by atoms with Gasteiger partial charge in [-0.3, -0.25) is 9.69 Å². The fraction of sp³-hybridized carbons (Fsp3) is 0.692. The van der Waals surface area contributed by atoms with E-state index in [0.717, 1.165) is 17.2 Å². The van der Waals surface area contributed by atoms with Crippen molar-refractivity contribution in [3.05, 3.63) is 16.1 Å². The first-order valence-corrected chi connectivity index (χ1v) is 7.40. The third-order valence-corrected chi connectivity index (χ3v) is 3.71. The van der Waals surface area contributed by atoms with Gasteiger partial charge in [-0.25, -0.2) is 4.98 Å². The number of hydrogen-bond acceptors (Lipinski definition) is 6. The number of aliphatic hydroxyl groups is 1. The molecule has 20 heavy (non-hydrogen) atoms. The van der Waals surface area contributed by atoms with Gasteiger partial charge in [0.15, 0.2) is 0 Å². The van der Waals surface area contributed by atoms with Crippen molar-refractivity contribution in [2.75, 3.05) is 47.5 Å². The summed E-state index contributed by atoms with van der Waals surface area (Å²) in [6, 6.07) is 0. The van der Waals surface area contributed by atoms with E-state index < -0.39 is 0 Å². The number of carbonyl (C=O) groups excluding carboxylic acids is 1. The summed E-state index contributed by atoms with van der Waals surface area (Å²) in [5, 5.41) is 11.8. The molecule has 6 nitrogen and oxygen atoms in total. The summed E-state index contributed by atoms with van der Waals surface area (Å²) in [4.78, 5) is 19.7. The smallest absolute Gasteiger partial charge is 0.228 e. The van der Waals surface area contributed by atoms with Gasteiger partial charge in [0.25, 0.3) is 0 Å². The van der Waals surface area contributed by atoms with Crippen molar-refractivity contribution in [3.8, 4) is 0 Å². The second-order valence-corrected chi connectivity index (χ2v) is 5.63. The first-order chi connectivity index (χ1) is 9.56. The van der Waals surface area contributed by atoms with Crippen molar-refractivity contribution in [2.24, 2.45) is 0 Å². The van der Waals surface area contributed by atoms with Gasteiger partial charge in [-0.05, 0) is 0 Å². The number of likely N-dealkylation sites (N-methyl/N-ethyl adjacent to an activating group) is 1. The molecule has 0 atom stereocenters. The second-order valence-electron chi connectivity index (χ2n) is 4.69. The average molecular weight is 301 g/mol. The van der Waals surface area contributed by atoms with Gasteiger partial charge < -0.3 is 14.7 Å². The molecule has 7 heteroatoms. The third kappa shape index (κ3) is 5.96. The van der Waals surface area contributed by atoms with Gasteiger partial charge >= 0.3 is 0 Å². The van der Waals surface area contributed by atoms with Gasteiger partial charge in [0.05, 0.1) is 25.3 Å². The SMILES string of the molecule is COCCN(CCO)Cc1csc(CC(=O)N(C)C)n1. The van der Waals surface area contributed by atoms with Crippen molar-refractivity contribution >= 4 is 17.2 Å². The Hall–Kier alpha value is -1.02. The minimum absolute atomic E-state index is 0.0532. The first-order valence-electron chi connectivity index (χ1n) is 6.52. The van der Waals surface area contributed by atoms with Crippen LogP contribution in [0.5, 0.6) is 0 Å². The van der Waals surface area contributed by atoms with E-state index in [1.807, 2.05) is 5.38 Å². The van der Waals surface area contributed by atoms with Crippen molar-refractivity contribution in [3.63, 3.8) is 0 Å². The van der Waals surface area contributed by atoms with Crippen LogP contribution in [-0.4, -0.2) is 73.3 Å². The lowest BCUT2D eigenvalue weighted by atomic mass is 10.3. The van der Waals surface area contributed by atoms with Gasteiger partial charge in [0, 0.05) is 46.2 Å². The third-order valence-electron chi connectivity index (χ3n) is 2.81. The monoisotopic (exact) mass is 301 g/mol. The number of aliphatic hydroxyl groups excluding tert-OH is 1. The molecule has 1 aromatic heterocycles. The van der Waals surface area contributed by atoms with Crippen molar-refractivity contribution in [1.82, 2.24) is 14.8 Å². The molecule has 114 valence electrons. The zero-order valence-electron chi connectivity index (χ0n) is 12.3. The van der Waals surface area contributed by atoms with E-state index in [0.29, 0.717) is 26.1 Å². The fourth-order valence-corrected chi connectivity index (χ4v) is 2.43. The Morgan fingerprint density at radius 3 is 2.80 bits per heavy atom. The zero-order chi connectivity index (χ0) is 15.0. The number of methoxy groups -OCH3 is 1. The maximum absolute atomic E-state index is 11.6. The summed E-state index contributed by atoms with van der Waals surface area (Å²) >= 11 is 1.50. The molecule has 0 spiro atoms. The van der Waals surface area contributed by atoms with Gasteiger partial charge in [0.2, 0.25) is 5.91 Å². The van der Waals surface area contributed by atoms with E-state index in [1.165, 1.54) is 11.3 Å². The van der Waals surface area contributed by atoms with Gasteiger partial charge in [-0.15, -0.1) is 11.3 Å². The minimum Gasteiger partial charge on any atom is -0.395 e. The van der Waals surface area contributed by atoms with Gasteiger partial charge in [0.1, 0.15) is 5.01 Å². The summed E-state index contributed by atoms with van der Waals surface area (Å²) < 4.78 is 5.05. The zero-order valence-corrected chi connectivity index (χ0v) is 13.2. The molecular weight excluding hydrogens is 278 g/mol. The number of nitrogens with zero attached hydrogens (tertiary/aromatic N) is 3. The van der Waals surface area contributed by atoms with E-state index in [1.54, 1.807) is 26.1 Å². The standard InChI is InChI=1S/C13H23N3O3S/c1-15(2)13(18)8-12-14-11(10-20-12)9-16(4-6-17)5-7-19-3/h10,17H,4-9H2,1-3H3. The number of amides is 1. The lowest BCUT2D eigenvalue weighted by Crippen LogP contribution is -2.30. The van der Waals surface area contributed by atoms with Crippen molar-refractivity contribution < 1.29 is 14.6 Å². The van der Waals surface area contributed by atoms with E-state index in [-0.39, 0.29) is 12.5 Å². The highest BCUT2D eigenvalue weighted by atomic mass is 32.1. The molecule has 0 aliphatic heterocycles. The van der Waals surface area contributed by atoms with Crippen LogP contribution in [0.1, 0.15) is 10.7 Å². The molecule has 0 bridgehead atoms. The molecule has 0 saturated heterocycles. The van der Waals surface area contributed by atoms with Crippen LogP contribution in [0.2, 0.25) is 0 Å². The van der Waals surface area contributed by atoms with Crippen LogP contribution in [0.4, 0.5) is 0 Å². The highest BCUT2D eigenvalue weighted by molar-refractivity contribution is 7.09. The Bertz CT molecular complexity index is 409. The number of rotatable bonds is 9. The van der Waals surface area contributed by atoms with E-state index >= 15 is 0 Å². The summed E-state index contributed by atoms with van der Waals surface area (Å²) in [5.41, 5.74) is 0.932. The van der Waals surface area contributed by atoms with Crippen molar-refractivity contribution in [1.29, 1.82) is 0 Å². The first kappa shape index (κ1) is 17.0. The van der Waals surface area contributed by atoms with Crippen LogP contribution in [-0.2, 0) is 22.5 Å². The highest BCUT2D eigenvalue weighted by Crippen LogP contribution is 2.13. The molecule has 1 heterocycles. The molecule has 1 amide bonds. The maximum Gasteiger partial charge on any atom is 0.228 e. The molecule has 0 fully saturated rings. The molecule has 0 radical (unpaired) electrons. The van der Waals surface area contributed by atoms with Gasteiger partial charge in [-0.2, -0.15) is 0 Å². The van der Waals surface area contributed by atoms with E-state index in [2.05, 4.69) is 9.88 Å². The molecule has 0 saturated carbocycles. The molecule has 0 unspecified atom stereocenters. The summed E-state index contributed by atoms with van der Waals surface area (Å²) in [5.74, 6) is 0.0532. The summed E-state index contributed by atoms with van der Waals surface area (Å²) in [7, 11) is 5.14. The quantitative estimate of drug-likeness (QED) is 0.706. The predicted octanol–water partition coefficient (Wildman–Crippen LogP) is 0.215. The Labute approximate surface area is 124 Å². The largest absolute Gasteiger partial charge is 0.395 e. The number of ether oxygens (including phenoxy) is 1. The topological polar surface area (TPSA) is 65.9 Å². The number of carbonyl (C=O) groups is 1. The normalized spacial score (nSPS) is 11.1. The van der Waals surface area contributed by atoms with Crippen LogP contribution in [0.25, 0.3) is 0 Å². The molecule has 1 N–H and O–H groups in total. The number of aromatic nitrogens is 1. The molecule has 1 rings (SSSR count). The average Bonchev–Trinajstić information content (AvgIpc) is 2.83. The van der Waals surface area contributed by atoms with E-state index in [9.17, 15) is 4.79 Å². The van der Waals surface area contributed by atoms with Crippen LogP contribution >= 0.6 is 11.3 Å². The van der Waals surface area contributed by atoms with Gasteiger partial charge in [-0.1, -0.05) is 0 Å².